The molecule has 5 rings (SSSR count). The van der Waals surface area contributed by atoms with Crippen LogP contribution in [0.5, 0.6) is 11.5 Å². The molecule has 0 spiro atoms. The van der Waals surface area contributed by atoms with Crippen LogP contribution in [0.25, 0.3) is 0 Å². The highest BCUT2D eigenvalue weighted by atomic mass is 35.5. The Labute approximate surface area is 267 Å². The lowest BCUT2D eigenvalue weighted by atomic mass is 9.78. The minimum absolute atomic E-state index is 0.00844. The molecule has 0 radical (unpaired) electrons. The number of hydrogen-bond acceptors (Lipinski definition) is 5. The lowest BCUT2D eigenvalue weighted by Gasteiger charge is -2.26. The molecule has 1 amide bonds. The minimum atomic E-state index is -1.04. The number of Topliss-reactive ketones (excluding diaryl/α,β-unsaturated/α-hetero) is 1. The molecule has 4 aromatic rings. The summed E-state index contributed by atoms with van der Waals surface area (Å²) in [5.41, 5.74) is 3.28. The van der Waals surface area contributed by atoms with Crippen molar-refractivity contribution in [2.75, 3.05) is 17.3 Å². The Morgan fingerprint density at radius 2 is 1.45 bits per heavy atom. The van der Waals surface area contributed by atoms with E-state index in [1.807, 2.05) is 30.3 Å². The minimum Gasteiger partial charge on any atom is -0.457 e. The number of ether oxygens (including phenoxy) is 2. The van der Waals surface area contributed by atoms with Crippen LogP contribution >= 0.6 is 23.2 Å². The van der Waals surface area contributed by atoms with Crippen molar-refractivity contribution < 1.29 is 23.9 Å². The van der Waals surface area contributed by atoms with Crippen LogP contribution in [-0.4, -0.2) is 36.2 Å². The predicted octanol–water partition coefficient (Wildman–Crippen LogP) is 8.23. The fourth-order valence-corrected chi connectivity index (χ4v) is 5.61. The van der Waals surface area contributed by atoms with Crippen LogP contribution in [-0.2, 0) is 19.7 Å². The van der Waals surface area contributed by atoms with Crippen molar-refractivity contribution >= 4 is 46.5 Å². The molecule has 0 N–H and O–H groups in total. The molecule has 1 fully saturated rings. The number of hydrogen-bond donors (Lipinski definition) is 0. The highest BCUT2D eigenvalue weighted by molar-refractivity contribution is 6.30. The Kier molecular flexibility index (Phi) is 9.72. The molecule has 0 aromatic heterocycles. The summed E-state index contributed by atoms with van der Waals surface area (Å²) in [6.07, 6.45) is -0.889. The van der Waals surface area contributed by atoms with Gasteiger partial charge in [-0.25, -0.2) is 0 Å². The number of halogens is 2. The fourth-order valence-electron chi connectivity index (χ4n) is 5.29. The van der Waals surface area contributed by atoms with Gasteiger partial charge in [-0.2, -0.15) is 0 Å². The van der Waals surface area contributed by atoms with Crippen LogP contribution in [0, 0.1) is 5.92 Å². The second kappa shape index (κ2) is 13.7. The van der Waals surface area contributed by atoms with Gasteiger partial charge in [0.25, 0.3) is 0 Å². The normalized spacial score (nSPS) is 15.6. The van der Waals surface area contributed by atoms with Crippen LogP contribution in [0.4, 0.5) is 5.69 Å². The van der Waals surface area contributed by atoms with E-state index in [2.05, 4.69) is 38.1 Å². The maximum Gasteiger partial charge on any atom is 0.312 e. The van der Waals surface area contributed by atoms with Crippen LogP contribution in [0.3, 0.4) is 0 Å². The van der Waals surface area contributed by atoms with Gasteiger partial charge in [0.1, 0.15) is 11.5 Å². The fraction of sp³-hybridized carbons (Fsp3) is 0.250. The second-order valence-corrected chi connectivity index (χ2v) is 12.1. The highest BCUT2D eigenvalue weighted by Gasteiger charge is 2.38. The third kappa shape index (κ3) is 7.15. The van der Waals surface area contributed by atoms with E-state index in [0.29, 0.717) is 27.8 Å². The lowest BCUT2D eigenvalue weighted by Crippen LogP contribution is -2.32. The van der Waals surface area contributed by atoms with Crippen molar-refractivity contribution in [3.63, 3.8) is 0 Å². The van der Waals surface area contributed by atoms with Gasteiger partial charge in [0.05, 0.1) is 5.92 Å². The number of anilines is 1. The number of benzene rings is 4. The van der Waals surface area contributed by atoms with E-state index in [0.717, 1.165) is 0 Å². The van der Waals surface area contributed by atoms with Crippen molar-refractivity contribution in [3.05, 3.63) is 125 Å². The van der Waals surface area contributed by atoms with E-state index in [-0.39, 0.29) is 42.4 Å². The largest absolute Gasteiger partial charge is 0.457 e. The van der Waals surface area contributed by atoms with Gasteiger partial charge in [0, 0.05) is 47.0 Å². The quantitative estimate of drug-likeness (QED) is 0.0949. The topological polar surface area (TPSA) is 72.9 Å². The molecule has 0 saturated carbocycles. The van der Waals surface area contributed by atoms with Crippen LogP contribution in [0.15, 0.2) is 103 Å². The number of ketones is 1. The molecule has 2 atom stereocenters. The van der Waals surface area contributed by atoms with Crippen LogP contribution < -0.4 is 9.64 Å². The number of rotatable bonds is 11. The number of carbonyl (C=O) groups is 3. The third-order valence-corrected chi connectivity index (χ3v) is 8.44. The smallest absolute Gasteiger partial charge is 0.312 e. The Morgan fingerprint density at radius 3 is 2.07 bits per heavy atom. The molecule has 1 aliphatic heterocycles. The number of carbonyl (C=O) groups excluding carboxylic acids is 3. The molecule has 6 nitrogen and oxygen atoms in total. The predicted molar refractivity (Wildman–Crippen MR) is 173 cm³/mol. The van der Waals surface area contributed by atoms with Crippen molar-refractivity contribution in [2.45, 2.75) is 38.2 Å². The molecule has 0 unspecified atom stereocenters. The molecule has 8 heteroatoms. The zero-order chi connectivity index (χ0) is 31.3. The van der Waals surface area contributed by atoms with Crippen LogP contribution in [0.2, 0.25) is 5.02 Å². The molecule has 0 bridgehead atoms. The van der Waals surface area contributed by atoms with Gasteiger partial charge in [-0.3, -0.25) is 14.4 Å². The van der Waals surface area contributed by atoms with Crippen molar-refractivity contribution in [1.29, 1.82) is 0 Å². The van der Waals surface area contributed by atoms with Crippen LogP contribution in [0.1, 0.15) is 48.2 Å². The first-order valence-electron chi connectivity index (χ1n) is 14.5. The molecular formula is C36H33Cl2NO5. The summed E-state index contributed by atoms with van der Waals surface area (Å²) >= 11 is 11.8. The summed E-state index contributed by atoms with van der Waals surface area (Å²) in [5, 5.41) is 0.494. The number of alkyl halides is 1. The summed E-state index contributed by atoms with van der Waals surface area (Å²) in [4.78, 5) is 40.4. The SMILES string of the molecule is CC(C)(c1ccccc1)c1ccc(Oc2ccc(N3C[C@@H](C(=O)O[C@@H](CCCl)C(=O)c4ccc(Cl)cc4)CC3=O)cc2)cc1. The average Bonchev–Trinajstić information content (AvgIpc) is 3.43. The molecule has 4 aromatic carbocycles. The average molecular weight is 631 g/mol. The second-order valence-electron chi connectivity index (χ2n) is 11.3. The maximum absolute atomic E-state index is 13.0. The van der Waals surface area contributed by atoms with Gasteiger partial charge in [-0.1, -0.05) is 67.9 Å². The molecule has 0 aliphatic carbocycles. The van der Waals surface area contributed by atoms with E-state index in [4.69, 9.17) is 32.7 Å². The Morgan fingerprint density at radius 1 is 0.864 bits per heavy atom. The van der Waals surface area contributed by atoms with Crippen molar-refractivity contribution in [3.8, 4) is 11.5 Å². The first-order valence-corrected chi connectivity index (χ1v) is 15.4. The number of amides is 1. The molecule has 1 heterocycles. The molecule has 1 saturated heterocycles. The van der Waals surface area contributed by atoms with E-state index in [9.17, 15) is 14.4 Å². The maximum atomic E-state index is 13.0. The number of nitrogens with zero attached hydrogens (tertiary/aromatic N) is 1. The summed E-state index contributed by atoms with van der Waals surface area (Å²) in [6, 6.07) is 31.9. The first kappa shape index (κ1) is 31.3. The van der Waals surface area contributed by atoms with Gasteiger partial charge in [-0.05, 0) is 71.8 Å². The van der Waals surface area contributed by atoms with E-state index in [1.165, 1.54) is 11.1 Å². The molecule has 226 valence electrons. The van der Waals surface area contributed by atoms with Crippen molar-refractivity contribution in [1.82, 2.24) is 0 Å². The summed E-state index contributed by atoms with van der Waals surface area (Å²) in [7, 11) is 0. The van der Waals surface area contributed by atoms with E-state index < -0.39 is 18.0 Å². The first-order chi connectivity index (χ1) is 21.2. The van der Waals surface area contributed by atoms with Gasteiger partial charge >= 0.3 is 5.97 Å². The molecular weight excluding hydrogens is 597 g/mol. The Balaban J connectivity index is 1.19. The highest BCUT2D eigenvalue weighted by Crippen LogP contribution is 2.34. The van der Waals surface area contributed by atoms with E-state index in [1.54, 1.807) is 53.4 Å². The van der Waals surface area contributed by atoms with Gasteiger partial charge < -0.3 is 14.4 Å². The Bertz CT molecular complexity index is 1600. The molecule has 1 aliphatic rings. The summed E-state index contributed by atoms with van der Waals surface area (Å²) < 4.78 is 11.6. The standard InChI is InChI=1S/C36H33Cl2NO5/c1-36(2,26-6-4-3-5-7-26)27-10-16-30(17-11-27)43-31-18-14-29(15-19-31)39-23-25(22-33(39)40)35(42)44-32(20-21-37)34(41)24-8-12-28(38)13-9-24/h3-19,25,32H,20-23H2,1-2H3/t25-,32-/m0/s1. The van der Waals surface area contributed by atoms with Gasteiger partial charge in [0.2, 0.25) is 11.7 Å². The zero-order valence-electron chi connectivity index (χ0n) is 24.5. The lowest BCUT2D eigenvalue weighted by molar-refractivity contribution is -0.151. The van der Waals surface area contributed by atoms with E-state index >= 15 is 0 Å². The monoisotopic (exact) mass is 629 g/mol. The summed E-state index contributed by atoms with van der Waals surface area (Å²) in [6.45, 7) is 4.54. The zero-order valence-corrected chi connectivity index (χ0v) is 26.1. The summed E-state index contributed by atoms with van der Waals surface area (Å²) in [5.74, 6) is -0.402. The Hall–Kier alpha value is -4.13. The van der Waals surface area contributed by atoms with Gasteiger partial charge in [-0.15, -0.1) is 11.6 Å². The third-order valence-electron chi connectivity index (χ3n) is 7.96. The number of esters is 1. The molecule has 44 heavy (non-hydrogen) atoms. The van der Waals surface area contributed by atoms with Crippen molar-refractivity contribution in [2.24, 2.45) is 5.92 Å². The van der Waals surface area contributed by atoms with Gasteiger partial charge in [0.15, 0.2) is 6.10 Å².